The number of fused-ring (bicyclic) bond motifs is 1. The van der Waals surface area contributed by atoms with Gasteiger partial charge in [0.15, 0.2) is 0 Å². The van der Waals surface area contributed by atoms with E-state index in [0.29, 0.717) is 28.4 Å². The van der Waals surface area contributed by atoms with E-state index in [1.54, 1.807) is 31.2 Å². The second kappa shape index (κ2) is 6.45. The monoisotopic (exact) mass is 324 g/mol. The first kappa shape index (κ1) is 15.6. The maximum Gasteiger partial charge on any atom is 0.269 e. The van der Waals surface area contributed by atoms with E-state index >= 15 is 0 Å². The number of carbonyl (C=O) groups excluding carboxylic acids is 1. The van der Waals surface area contributed by atoms with Crippen LogP contribution in [0.5, 0.6) is 0 Å². The third-order valence-corrected chi connectivity index (χ3v) is 3.39. The van der Waals surface area contributed by atoms with Crippen LogP contribution in [0.2, 0.25) is 0 Å². The van der Waals surface area contributed by atoms with Crippen LogP contribution in [0, 0.1) is 6.92 Å². The summed E-state index contributed by atoms with van der Waals surface area (Å²) in [5, 5.41) is 6.04. The van der Waals surface area contributed by atoms with Gasteiger partial charge in [-0.1, -0.05) is 12.1 Å². The van der Waals surface area contributed by atoms with Crippen molar-refractivity contribution in [3.8, 4) is 0 Å². The normalized spacial score (nSPS) is 10.6. The van der Waals surface area contributed by atoms with Gasteiger partial charge in [0.2, 0.25) is 5.95 Å². The summed E-state index contributed by atoms with van der Waals surface area (Å²) in [6.07, 6.45) is 0. The van der Waals surface area contributed by atoms with Crippen LogP contribution in [0.4, 0.5) is 5.95 Å². The van der Waals surface area contributed by atoms with Crippen molar-refractivity contribution in [3.05, 3.63) is 57.9 Å². The lowest BCUT2D eigenvalue weighted by atomic mass is 10.2. The summed E-state index contributed by atoms with van der Waals surface area (Å²) in [6.45, 7) is 2.01. The summed E-state index contributed by atoms with van der Waals surface area (Å²) in [5.41, 5.74) is 1.35. The number of benzene rings is 1. The van der Waals surface area contributed by atoms with Crippen molar-refractivity contribution in [2.24, 2.45) is 0 Å². The van der Waals surface area contributed by atoms with Crippen molar-refractivity contribution in [1.29, 1.82) is 0 Å². The number of hydrogen-bond acceptors (Lipinski definition) is 6. The summed E-state index contributed by atoms with van der Waals surface area (Å²) < 4.78 is 0. The molecule has 0 aliphatic rings. The number of para-hydroxylation sites is 1. The van der Waals surface area contributed by atoms with Crippen LogP contribution in [0.1, 0.15) is 22.0 Å². The molecular formula is C16H16N6O2. The zero-order valence-corrected chi connectivity index (χ0v) is 13.3. The summed E-state index contributed by atoms with van der Waals surface area (Å²) in [5.74, 6) is 0.468. The zero-order valence-electron chi connectivity index (χ0n) is 13.3. The molecule has 0 atom stereocenters. The molecule has 3 N–H and O–H groups in total. The molecule has 1 aromatic carbocycles. The van der Waals surface area contributed by atoms with E-state index in [1.807, 2.05) is 6.07 Å². The Morgan fingerprint density at radius 3 is 2.79 bits per heavy atom. The van der Waals surface area contributed by atoms with Crippen molar-refractivity contribution in [2.75, 3.05) is 12.4 Å². The standard InChI is InChI=1S/C16H16N6O2/c1-9-7-12(15(24)17-2)21-16(19-9)18-8-13-20-11-6-4-3-5-10(11)14(23)22-13/h3-7H,8H2,1-2H3,(H,17,24)(H,18,19,21)(H,20,22,23). The molecule has 0 spiro atoms. The van der Waals surface area contributed by atoms with E-state index < -0.39 is 0 Å². The average molecular weight is 324 g/mol. The lowest BCUT2D eigenvalue weighted by Gasteiger charge is -2.08. The first-order chi connectivity index (χ1) is 11.6. The SMILES string of the molecule is CNC(=O)c1cc(C)nc(NCc2nc3ccccc3c(=O)[nH]2)n1. The molecule has 0 fully saturated rings. The van der Waals surface area contributed by atoms with Crippen LogP contribution in [0.25, 0.3) is 10.9 Å². The Morgan fingerprint density at radius 2 is 2.00 bits per heavy atom. The molecule has 24 heavy (non-hydrogen) atoms. The molecule has 8 nitrogen and oxygen atoms in total. The number of amides is 1. The van der Waals surface area contributed by atoms with E-state index in [2.05, 4.69) is 30.6 Å². The summed E-state index contributed by atoms with van der Waals surface area (Å²) in [6, 6.07) is 8.71. The van der Waals surface area contributed by atoms with E-state index in [4.69, 9.17) is 0 Å². The molecule has 0 unspecified atom stereocenters. The number of nitrogens with one attached hydrogen (secondary N) is 3. The molecule has 3 rings (SSSR count). The number of hydrogen-bond donors (Lipinski definition) is 3. The van der Waals surface area contributed by atoms with Crippen molar-refractivity contribution >= 4 is 22.8 Å². The smallest absolute Gasteiger partial charge is 0.269 e. The Kier molecular flexibility index (Phi) is 4.19. The molecule has 8 heteroatoms. The van der Waals surface area contributed by atoms with Crippen molar-refractivity contribution in [3.63, 3.8) is 0 Å². The molecule has 0 saturated carbocycles. The topological polar surface area (TPSA) is 113 Å². The quantitative estimate of drug-likeness (QED) is 0.660. The van der Waals surface area contributed by atoms with E-state index in [1.165, 1.54) is 7.05 Å². The Morgan fingerprint density at radius 1 is 1.21 bits per heavy atom. The van der Waals surface area contributed by atoms with Crippen molar-refractivity contribution in [2.45, 2.75) is 13.5 Å². The van der Waals surface area contributed by atoms with Gasteiger partial charge in [-0.2, -0.15) is 0 Å². The minimum atomic E-state index is -0.291. The first-order valence-electron chi connectivity index (χ1n) is 7.36. The van der Waals surface area contributed by atoms with Crippen LogP contribution < -0.4 is 16.2 Å². The minimum Gasteiger partial charge on any atom is -0.354 e. The summed E-state index contributed by atoms with van der Waals surface area (Å²) in [7, 11) is 1.54. The van der Waals surface area contributed by atoms with Gasteiger partial charge in [-0.05, 0) is 25.1 Å². The number of anilines is 1. The number of aromatic amines is 1. The second-order valence-corrected chi connectivity index (χ2v) is 5.18. The van der Waals surface area contributed by atoms with Gasteiger partial charge in [0.1, 0.15) is 11.5 Å². The maximum absolute atomic E-state index is 12.0. The van der Waals surface area contributed by atoms with Crippen LogP contribution in [0.3, 0.4) is 0 Å². The number of rotatable bonds is 4. The molecule has 122 valence electrons. The first-order valence-corrected chi connectivity index (χ1v) is 7.36. The van der Waals surface area contributed by atoms with Gasteiger partial charge >= 0.3 is 0 Å². The maximum atomic E-state index is 12.0. The number of carbonyl (C=O) groups is 1. The zero-order chi connectivity index (χ0) is 17.1. The molecule has 0 aliphatic heterocycles. The molecule has 0 aliphatic carbocycles. The van der Waals surface area contributed by atoms with E-state index in [-0.39, 0.29) is 23.7 Å². The highest BCUT2D eigenvalue weighted by atomic mass is 16.1. The predicted molar refractivity (Wildman–Crippen MR) is 89.8 cm³/mol. The average Bonchev–Trinajstić information content (AvgIpc) is 2.59. The third-order valence-electron chi connectivity index (χ3n) is 3.39. The fraction of sp³-hybridized carbons (Fsp3) is 0.188. The lowest BCUT2D eigenvalue weighted by molar-refractivity contribution is 0.0958. The fourth-order valence-corrected chi connectivity index (χ4v) is 2.27. The summed E-state index contributed by atoms with van der Waals surface area (Å²) in [4.78, 5) is 39.2. The van der Waals surface area contributed by atoms with Gasteiger partial charge < -0.3 is 15.6 Å². The van der Waals surface area contributed by atoms with E-state index in [0.717, 1.165) is 0 Å². The number of aryl methyl sites for hydroxylation is 1. The van der Waals surface area contributed by atoms with Gasteiger partial charge in [-0.25, -0.2) is 15.0 Å². The van der Waals surface area contributed by atoms with Crippen molar-refractivity contribution in [1.82, 2.24) is 25.3 Å². The molecule has 0 bridgehead atoms. The highest BCUT2D eigenvalue weighted by Gasteiger charge is 2.09. The lowest BCUT2D eigenvalue weighted by Crippen LogP contribution is -2.21. The second-order valence-electron chi connectivity index (χ2n) is 5.18. The van der Waals surface area contributed by atoms with Gasteiger partial charge in [0, 0.05) is 12.7 Å². The highest BCUT2D eigenvalue weighted by Crippen LogP contribution is 2.08. The minimum absolute atomic E-state index is 0.200. The number of H-pyrrole nitrogens is 1. The Labute approximate surface area is 137 Å². The largest absolute Gasteiger partial charge is 0.354 e. The predicted octanol–water partition coefficient (Wildman–Crippen LogP) is 0.993. The molecule has 2 aromatic heterocycles. The van der Waals surface area contributed by atoms with Gasteiger partial charge in [-0.3, -0.25) is 9.59 Å². The Hall–Kier alpha value is -3.29. The number of nitrogens with zero attached hydrogens (tertiary/aromatic N) is 3. The van der Waals surface area contributed by atoms with Gasteiger partial charge in [0.25, 0.3) is 11.5 Å². The highest BCUT2D eigenvalue weighted by molar-refractivity contribution is 5.92. The van der Waals surface area contributed by atoms with Crippen LogP contribution in [-0.4, -0.2) is 32.9 Å². The molecule has 3 aromatic rings. The van der Waals surface area contributed by atoms with Gasteiger partial charge in [-0.15, -0.1) is 0 Å². The molecule has 0 saturated heterocycles. The number of aromatic nitrogens is 4. The van der Waals surface area contributed by atoms with Gasteiger partial charge in [0.05, 0.1) is 17.4 Å². The van der Waals surface area contributed by atoms with E-state index in [9.17, 15) is 9.59 Å². The Bertz CT molecular complexity index is 966. The van der Waals surface area contributed by atoms with Crippen LogP contribution in [0.15, 0.2) is 35.1 Å². The van der Waals surface area contributed by atoms with Crippen molar-refractivity contribution < 1.29 is 4.79 Å². The summed E-state index contributed by atoms with van der Waals surface area (Å²) >= 11 is 0. The third kappa shape index (κ3) is 3.22. The van der Waals surface area contributed by atoms with Crippen LogP contribution >= 0.6 is 0 Å². The molecule has 0 radical (unpaired) electrons. The molecule has 2 heterocycles. The van der Waals surface area contributed by atoms with Crippen LogP contribution in [-0.2, 0) is 6.54 Å². The molecular weight excluding hydrogens is 308 g/mol. The molecule has 1 amide bonds. The fourth-order valence-electron chi connectivity index (χ4n) is 2.27. The Balaban J connectivity index is 1.85.